The Morgan fingerprint density at radius 1 is 1.06 bits per heavy atom. The van der Waals surface area contributed by atoms with E-state index in [9.17, 15) is 0 Å². The molecule has 0 saturated carbocycles. The number of benzene rings is 2. The van der Waals surface area contributed by atoms with Crippen LogP contribution in [0.1, 0.15) is 12.0 Å². The minimum atomic E-state index is -0.569. The molecule has 0 amide bonds. The molecule has 1 aliphatic rings. The molecule has 1 atom stereocenters. The van der Waals surface area contributed by atoms with Crippen molar-refractivity contribution < 1.29 is 9.15 Å². The molecule has 0 fully saturated rings. The van der Waals surface area contributed by atoms with Gasteiger partial charge in [-0.15, -0.1) is 16.8 Å². The summed E-state index contributed by atoms with van der Waals surface area (Å²) >= 11 is 4.91. The third-order valence-electron chi connectivity index (χ3n) is 4.68. The second-order valence-electron chi connectivity index (χ2n) is 6.74. The van der Waals surface area contributed by atoms with Gasteiger partial charge >= 0.3 is 0 Å². The Morgan fingerprint density at radius 2 is 1.90 bits per heavy atom. The minimum Gasteiger partial charge on any atom is -0.455 e. The number of anilines is 1. The number of furan rings is 1. The van der Waals surface area contributed by atoms with Gasteiger partial charge in [0, 0.05) is 27.0 Å². The van der Waals surface area contributed by atoms with Gasteiger partial charge in [0.15, 0.2) is 11.5 Å². The van der Waals surface area contributed by atoms with E-state index in [4.69, 9.17) is 9.15 Å². The lowest BCUT2D eigenvalue weighted by Crippen LogP contribution is -2.16. The third-order valence-corrected chi connectivity index (χ3v) is 6.04. The number of rotatable bonds is 5. The van der Waals surface area contributed by atoms with Crippen molar-refractivity contribution in [3.63, 3.8) is 0 Å². The van der Waals surface area contributed by atoms with Crippen molar-refractivity contribution in [1.82, 2.24) is 15.2 Å². The van der Waals surface area contributed by atoms with Crippen LogP contribution in [0.2, 0.25) is 0 Å². The summed E-state index contributed by atoms with van der Waals surface area (Å²) in [4.78, 5) is 4.59. The molecule has 0 radical (unpaired) electrons. The molecule has 6 nitrogen and oxygen atoms in total. The molecule has 154 valence electrons. The normalized spacial score (nSPS) is 14.5. The van der Waals surface area contributed by atoms with Crippen LogP contribution in [-0.4, -0.2) is 20.9 Å². The molecule has 0 spiro atoms. The Balaban J connectivity index is 1.53. The fourth-order valence-electron chi connectivity index (χ4n) is 3.23. The number of halogens is 1. The standard InChI is InChI=1S/C23H17BrN4O2S/c1-2-13-31-23-26-22-20(27-28-23)16-5-3-4-6-17(16)25-21(30-22)19-12-11-18(29-19)14-7-9-15(24)10-8-14/h2-12,21,25H,1,13H2/t21-/m1/s1. The second-order valence-corrected chi connectivity index (χ2v) is 8.65. The van der Waals surface area contributed by atoms with Gasteiger partial charge in [0.05, 0.1) is 0 Å². The molecule has 31 heavy (non-hydrogen) atoms. The highest BCUT2D eigenvalue weighted by molar-refractivity contribution is 9.10. The summed E-state index contributed by atoms with van der Waals surface area (Å²) in [5.74, 6) is 2.49. The van der Waals surface area contributed by atoms with Gasteiger partial charge in [0.1, 0.15) is 5.76 Å². The van der Waals surface area contributed by atoms with E-state index in [1.807, 2.05) is 60.7 Å². The summed E-state index contributed by atoms with van der Waals surface area (Å²) in [5.41, 5.74) is 3.32. The Morgan fingerprint density at radius 3 is 2.74 bits per heavy atom. The highest BCUT2D eigenvalue weighted by Gasteiger charge is 2.28. The van der Waals surface area contributed by atoms with Gasteiger partial charge in [-0.25, -0.2) is 0 Å². The van der Waals surface area contributed by atoms with Crippen molar-refractivity contribution in [3.8, 4) is 28.5 Å². The van der Waals surface area contributed by atoms with Crippen molar-refractivity contribution in [2.75, 3.05) is 11.1 Å². The average Bonchev–Trinajstić information content (AvgIpc) is 3.22. The molecule has 1 N–H and O–H groups in total. The smallest absolute Gasteiger partial charge is 0.247 e. The van der Waals surface area contributed by atoms with E-state index in [1.54, 1.807) is 6.08 Å². The Kier molecular flexibility index (Phi) is 5.48. The average molecular weight is 493 g/mol. The Hall–Kier alpha value is -3.10. The van der Waals surface area contributed by atoms with E-state index < -0.39 is 6.23 Å². The van der Waals surface area contributed by atoms with Crippen LogP contribution < -0.4 is 10.1 Å². The predicted octanol–water partition coefficient (Wildman–Crippen LogP) is 6.34. The lowest BCUT2D eigenvalue weighted by atomic mass is 10.1. The first-order valence-electron chi connectivity index (χ1n) is 9.58. The molecular weight excluding hydrogens is 476 g/mol. The molecule has 3 heterocycles. The first kappa shape index (κ1) is 19.8. The van der Waals surface area contributed by atoms with Crippen LogP contribution in [0.3, 0.4) is 0 Å². The molecule has 0 aliphatic carbocycles. The summed E-state index contributed by atoms with van der Waals surface area (Å²) in [6.07, 6.45) is 1.23. The number of thioether (sulfide) groups is 1. The van der Waals surface area contributed by atoms with E-state index in [1.165, 1.54) is 11.8 Å². The number of fused-ring (bicyclic) bond motifs is 3. The van der Waals surface area contributed by atoms with Gasteiger partial charge in [-0.05, 0) is 30.3 Å². The zero-order chi connectivity index (χ0) is 21.2. The van der Waals surface area contributed by atoms with Crippen molar-refractivity contribution in [2.24, 2.45) is 0 Å². The van der Waals surface area contributed by atoms with E-state index in [-0.39, 0.29) is 0 Å². The maximum atomic E-state index is 6.25. The highest BCUT2D eigenvalue weighted by atomic mass is 79.9. The van der Waals surface area contributed by atoms with Crippen LogP contribution >= 0.6 is 27.7 Å². The fourth-order valence-corrected chi connectivity index (χ4v) is 4.01. The van der Waals surface area contributed by atoms with Gasteiger partial charge in [-0.2, -0.15) is 4.98 Å². The lowest BCUT2D eigenvalue weighted by molar-refractivity contribution is 0.196. The summed E-state index contributed by atoms with van der Waals surface area (Å²) < 4.78 is 13.4. The molecular formula is C23H17BrN4O2S. The Labute approximate surface area is 191 Å². The molecule has 0 unspecified atom stereocenters. The van der Waals surface area contributed by atoms with E-state index in [0.29, 0.717) is 28.2 Å². The second kappa shape index (κ2) is 8.56. The number of ether oxygens (including phenoxy) is 1. The number of aromatic nitrogens is 3. The van der Waals surface area contributed by atoms with Gasteiger partial charge in [-0.1, -0.05) is 64.1 Å². The van der Waals surface area contributed by atoms with Gasteiger partial charge in [-0.3, -0.25) is 0 Å². The number of hydrogen-bond acceptors (Lipinski definition) is 7. The van der Waals surface area contributed by atoms with Gasteiger partial charge in [0.25, 0.3) is 0 Å². The van der Waals surface area contributed by atoms with Crippen molar-refractivity contribution in [1.29, 1.82) is 0 Å². The lowest BCUT2D eigenvalue weighted by Gasteiger charge is -2.16. The van der Waals surface area contributed by atoms with Crippen molar-refractivity contribution >= 4 is 33.4 Å². The van der Waals surface area contributed by atoms with Crippen LogP contribution in [0.25, 0.3) is 22.6 Å². The quantitative estimate of drug-likeness (QED) is 0.257. The summed E-state index contributed by atoms with van der Waals surface area (Å²) in [6, 6.07) is 19.7. The fraction of sp³-hybridized carbons (Fsp3) is 0.0870. The van der Waals surface area contributed by atoms with Crippen LogP contribution in [0.5, 0.6) is 5.88 Å². The zero-order valence-electron chi connectivity index (χ0n) is 16.3. The number of nitrogens with one attached hydrogen (secondary N) is 1. The molecule has 0 bridgehead atoms. The number of hydrogen-bond donors (Lipinski definition) is 1. The molecule has 2 aromatic heterocycles. The van der Waals surface area contributed by atoms with Crippen molar-refractivity contribution in [2.45, 2.75) is 11.4 Å². The van der Waals surface area contributed by atoms with Gasteiger partial charge < -0.3 is 14.5 Å². The SMILES string of the molecule is C=CCSc1nnc2c(n1)O[C@H](c1ccc(-c3ccc(Br)cc3)o1)Nc1ccccc1-2. The summed E-state index contributed by atoms with van der Waals surface area (Å²) in [5, 5.41) is 12.6. The maximum absolute atomic E-state index is 6.25. The summed E-state index contributed by atoms with van der Waals surface area (Å²) in [6.45, 7) is 3.74. The minimum absolute atomic E-state index is 0.408. The predicted molar refractivity (Wildman–Crippen MR) is 125 cm³/mol. The van der Waals surface area contributed by atoms with Crippen LogP contribution in [0, 0.1) is 0 Å². The van der Waals surface area contributed by atoms with E-state index in [0.717, 1.165) is 27.0 Å². The third kappa shape index (κ3) is 4.08. The van der Waals surface area contributed by atoms with Crippen LogP contribution in [-0.2, 0) is 0 Å². The van der Waals surface area contributed by atoms with E-state index >= 15 is 0 Å². The first-order valence-corrected chi connectivity index (χ1v) is 11.4. The summed E-state index contributed by atoms with van der Waals surface area (Å²) in [7, 11) is 0. The van der Waals surface area contributed by atoms with Crippen LogP contribution in [0.4, 0.5) is 5.69 Å². The molecule has 8 heteroatoms. The maximum Gasteiger partial charge on any atom is 0.247 e. The number of para-hydroxylation sites is 1. The zero-order valence-corrected chi connectivity index (χ0v) is 18.7. The Bertz CT molecular complexity index is 1240. The highest BCUT2D eigenvalue weighted by Crippen LogP contribution is 2.40. The molecule has 5 rings (SSSR count). The largest absolute Gasteiger partial charge is 0.455 e. The number of nitrogens with zero attached hydrogens (tertiary/aromatic N) is 3. The van der Waals surface area contributed by atoms with Crippen LogP contribution in [0.15, 0.2) is 87.4 Å². The molecule has 4 aromatic rings. The molecule has 0 saturated heterocycles. The van der Waals surface area contributed by atoms with Gasteiger partial charge in [0.2, 0.25) is 17.3 Å². The molecule has 1 aliphatic heterocycles. The van der Waals surface area contributed by atoms with E-state index in [2.05, 4.69) is 43.0 Å². The van der Waals surface area contributed by atoms with Crippen molar-refractivity contribution in [3.05, 3.63) is 83.6 Å². The first-order chi connectivity index (χ1) is 15.2. The topological polar surface area (TPSA) is 73.1 Å². The molecule has 2 aromatic carbocycles. The monoisotopic (exact) mass is 492 g/mol.